The van der Waals surface area contributed by atoms with Crippen molar-refractivity contribution in [1.82, 2.24) is 4.98 Å². The Kier molecular flexibility index (Phi) is 3.51. The van der Waals surface area contributed by atoms with Crippen LogP contribution >= 0.6 is 0 Å². The number of pyridine rings is 1. The number of hydrogen-bond donors (Lipinski definition) is 0. The molecule has 2 aromatic rings. The molecule has 1 aromatic carbocycles. The zero-order valence-electron chi connectivity index (χ0n) is 10.4. The maximum absolute atomic E-state index is 13.9. The van der Waals surface area contributed by atoms with Crippen LogP contribution in [0.4, 0.5) is 4.39 Å². The van der Waals surface area contributed by atoms with Crippen molar-refractivity contribution in [2.75, 3.05) is 0 Å². The van der Waals surface area contributed by atoms with Gasteiger partial charge in [0, 0.05) is 17.7 Å². The fraction of sp³-hybridized carbons (Fsp3) is 0.200. The van der Waals surface area contributed by atoms with Crippen molar-refractivity contribution in [3.63, 3.8) is 0 Å². The number of benzene rings is 1. The smallest absolute Gasteiger partial charge is 0.186 e. The third-order valence-electron chi connectivity index (χ3n) is 2.71. The quantitative estimate of drug-likeness (QED) is 0.769. The lowest BCUT2D eigenvalue weighted by Crippen LogP contribution is -2.12. The van der Waals surface area contributed by atoms with Crippen LogP contribution in [0.3, 0.4) is 0 Å². The van der Waals surface area contributed by atoms with Crippen LogP contribution in [0.1, 0.15) is 24.3 Å². The van der Waals surface area contributed by atoms with Gasteiger partial charge in [-0.15, -0.1) is 0 Å². The molecule has 0 aliphatic rings. The third kappa shape index (κ3) is 2.45. The Labute approximate surface area is 105 Å². The van der Waals surface area contributed by atoms with Crippen LogP contribution in [-0.4, -0.2) is 10.8 Å². The van der Waals surface area contributed by atoms with E-state index in [0.717, 1.165) is 5.56 Å². The summed E-state index contributed by atoms with van der Waals surface area (Å²) in [6.07, 6.45) is 1.54. The van der Waals surface area contributed by atoms with E-state index in [0.29, 0.717) is 5.56 Å². The number of carbonyl (C=O) groups excluding carboxylic acids is 1. The Morgan fingerprint density at radius 3 is 2.39 bits per heavy atom. The Balaban J connectivity index is 2.40. The summed E-state index contributed by atoms with van der Waals surface area (Å²) in [7, 11) is 0. The van der Waals surface area contributed by atoms with Gasteiger partial charge in [0.15, 0.2) is 11.6 Å². The summed E-state index contributed by atoms with van der Waals surface area (Å²) in [5, 5.41) is 0. The van der Waals surface area contributed by atoms with E-state index < -0.39 is 5.82 Å². The zero-order valence-corrected chi connectivity index (χ0v) is 10.4. The molecular formula is C15H14FNO. The minimum absolute atomic E-state index is 0.0790. The molecule has 0 aliphatic heterocycles. The number of ketones is 1. The summed E-state index contributed by atoms with van der Waals surface area (Å²) in [4.78, 5) is 15.7. The summed E-state index contributed by atoms with van der Waals surface area (Å²) in [6, 6.07) is 10.8. The van der Waals surface area contributed by atoms with Crippen molar-refractivity contribution in [3.05, 3.63) is 54.1 Å². The van der Waals surface area contributed by atoms with Crippen LogP contribution in [0.5, 0.6) is 0 Å². The lowest BCUT2D eigenvalue weighted by Gasteiger charge is -2.06. The molecule has 0 unspecified atom stereocenters. The molecule has 0 saturated carbocycles. The van der Waals surface area contributed by atoms with Gasteiger partial charge < -0.3 is 0 Å². The standard InChI is InChI=1S/C15H14FNO/c1-10(2)15(18)14-13(16)8-12(9-17-14)11-6-4-3-5-7-11/h3-10H,1-2H3. The van der Waals surface area contributed by atoms with Gasteiger partial charge in [-0.3, -0.25) is 4.79 Å². The number of hydrogen-bond acceptors (Lipinski definition) is 2. The fourth-order valence-electron chi connectivity index (χ4n) is 1.68. The van der Waals surface area contributed by atoms with Gasteiger partial charge in [-0.1, -0.05) is 44.2 Å². The molecule has 18 heavy (non-hydrogen) atoms. The molecule has 0 saturated heterocycles. The number of carbonyl (C=O) groups is 1. The molecule has 0 atom stereocenters. The van der Waals surface area contributed by atoms with Crippen LogP contribution in [-0.2, 0) is 0 Å². The van der Waals surface area contributed by atoms with Crippen LogP contribution in [0.25, 0.3) is 11.1 Å². The monoisotopic (exact) mass is 243 g/mol. The average Bonchev–Trinajstić information content (AvgIpc) is 2.38. The Bertz CT molecular complexity index is 564. The molecule has 0 bridgehead atoms. The van der Waals surface area contributed by atoms with Gasteiger partial charge >= 0.3 is 0 Å². The average molecular weight is 243 g/mol. The van der Waals surface area contributed by atoms with Gasteiger partial charge in [0.1, 0.15) is 5.69 Å². The minimum atomic E-state index is -0.560. The van der Waals surface area contributed by atoms with E-state index in [1.54, 1.807) is 13.8 Å². The number of rotatable bonds is 3. The zero-order chi connectivity index (χ0) is 13.1. The molecule has 0 spiro atoms. The predicted octanol–water partition coefficient (Wildman–Crippen LogP) is 3.73. The van der Waals surface area contributed by atoms with E-state index >= 15 is 0 Å². The van der Waals surface area contributed by atoms with Crippen molar-refractivity contribution in [1.29, 1.82) is 0 Å². The van der Waals surface area contributed by atoms with Gasteiger partial charge in [0.2, 0.25) is 0 Å². The van der Waals surface area contributed by atoms with Crippen molar-refractivity contribution < 1.29 is 9.18 Å². The number of aromatic nitrogens is 1. The van der Waals surface area contributed by atoms with E-state index in [1.807, 2.05) is 30.3 Å². The minimum Gasteiger partial charge on any atom is -0.292 e. The normalized spacial score (nSPS) is 10.7. The third-order valence-corrected chi connectivity index (χ3v) is 2.71. The second-order valence-electron chi connectivity index (χ2n) is 4.44. The van der Waals surface area contributed by atoms with Crippen LogP contribution in [0, 0.1) is 11.7 Å². The van der Waals surface area contributed by atoms with Crippen molar-refractivity contribution >= 4 is 5.78 Å². The second-order valence-corrected chi connectivity index (χ2v) is 4.44. The molecule has 0 aliphatic carbocycles. The highest BCUT2D eigenvalue weighted by Crippen LogP contribution is 2.21. The lowest BCUT2D eigenvalue weighted by molar-refractivity contribution is 0.0930. The highest BCUT2D eigenvalue weighted by molar-refractivity contribution is 5.96. The molecule has 1 aromatic heterocycles. The van der Waals surface area contributed by atoms with Crippen molar-refractivity contribution in [2.45, 2.75) is 13.8 Å². The van der Waals surface area contributed by atoms with Crippen molar-refractivity contribution in [3.8, 4) is 11.1 Å². The molecule has 2 nitrogen and oxygen atoms in total. The van der Waals surface area contributed by atoms with E-state index in [1.165, 1.54) is 12.3 Å². The first-order chi connectivity index (χ1) is 8.59. The van der Waals surface area contributed by atoms with Gasteiger partial charge in [-0.25, -0.2) is 9.37 Å². The maximum Gasteiger partial charge on any atom is 0.186 e. The SMILES string of the molecule is CC(C)C(=O)c1ncc(-c2ccccc2)cc1F. The first-order valence-electron chi connectivity index (χ1n) is 5.84. The first kappa shape index (κ1) is 12.4. The number of nitrogens with zero attached hydrogens (tertiary/aromatic N) is 1. The number of Topliss-reactive ketones (excluding diaryl/α,β-unsaturated/α-hetero) is 1. The van der Waals surface area contributed by atoms with Crippen LogP contribution < -0.4 is 0 Å². The molecule has 0 N–H and O–H groups in total. The lowest BCUT2D eigenvalue weighted by atomic mass is 10.0. The summed E-state index contributed by atoms with van der Waals surface area (Å²) in [5.74, 6) is -1.09. The first-order valence-corrected chi connectivity index (χ1v) is 5.84. The molecule has 0 fully saturated rings. The summed E-state index contributed by atoms with van der Waals surface area (Å²) < 4.78 is 13.9. The molecule has 0 radical (unpaired) electrons. The summed E-state index contributed by atoms with van der Waals surface area (Å²) in [5.41, 5.74) is 1.48. The highest BCUT2D eigenvalue weighted by atomic mass is 19.1. The number of halogens is 1. The topological polar surface area (TPSA) is 30.0 Å². The molecule has 3 heteroatoms. The van der Waals surface area contributed by atoms with Gasteiger partial charge in [-0.2, -0.15) is 0 Å². The van der Waals surface area contributed by atoms with E-state index in [-0.39, 0.29) is 17.4 Å². The summed E-state index contributed by atoms with van der Waals surface area (Å²) in [6.45, 7) is 3.46. The van der Waals surface area contributed by atoms with Crippen LogP contribution in [0.2, 0.25) is 0 Å². The van der Waals surface area contributed by atoms with E-state index in [2.05, 4.69) is 4.98 Å². The van der Waals surface area contributed by atoms with Gasteiger partial charge in [0.25, 0.3) is 0 Å². The van der Waals surface area contributed by atoms with Gasteiger partial charge in [0.05, 0.1) is 0 Å². The van der Waals surface area contributed by atoms with Crippen molar-refractivity contribution in [2.24, 2.45) is 5.92 Å². The Morgan fingerprint density at radius 1 is 1.17 bits per heavy atom. The van der Waals surface area contributed by atoms with Crippen LogP contribution in [0.15, 0.2) is 42.6 Å². The summed E-state index contributed by atoms with van der Waals surface area (Å²) >= 11 is 0. The highest BCUT2D eigenvalue weighted by Gasteiger charge is 2.17. The fourth-order valence-corrected chi connectivity index (χ4v) is 1.68. The molecule has 2 rings (SSSR count). The molecule has 92 valence electrons. The molecular weight excluding hydrogens is 229 g/mol. The van der Waals surface area contributed by atoms with E-state index in [9.17, 15) is 9.18 Å². The maximum atomic E-state index is 13.9. The predicted molar refractivity (Wildman–Crippen MR) is 68.8 cm³/mol. The Morgan fingerprint density at radius 2 is 1.83 bits per heavy atom. The van der Waals surface area contributed by atoms with E-state index in [4.69, 9.17) is 0 Å². The Hall–Kier alpha value is -2.03. The molecule has 0 amide bonds. The largest absolute Gasteiger partial charge is 0.292 e. The van der Waals surface area contributed by atoms with Gasteiger partial charge in [-0.05, 0) is 11.6 Å². The molecule has 1 heterocycles. The second kappa shape index (κ2) is 5.08.